The average Bonchev–Trinajstić information content (AvgIpc) is 2.61. The first-order valence-corrected chi connectivity index (χ1v) is 8.05. The summed E-state index contributed by atoms with van der Waals surface area (Å²) in [6.45, 7) is 1.75. The van der Waals surface area contributed by atoms with Crippen LogP contribution in [0.1, 0.15) is 0 Å². The van der Waals surface area contributed by atoms with Crippen molar-refractivity contribution < 1.29 is 14.3 Å². The van der Waals surface area contributed by atoms with Gasteiger partial charge in [-0.05, 0) is 24.3 Å². The van der Waals surface area contributed by atoms with Gasteiger partial charge in [0, 0.05) is 14.1 Å². The molecule has 1 aliphatic rings. The molecule has 0 spiro atoms. The fourth-order valence-electron chi connectivity index (χ4n) is 2.73. The van der Waals surface area contributed by atoms with Gasteiger partial charge < -0.3 is 19.3 Å². The van der Waals surface area contributed by atoms with Crippen LogP contribution in [0.5, 0.6) is 11.5 Å². The van der Waals surface area contributed by atoms with Gasteiger partial charge in [-0.25, -0.2) is 0 Å². The average molecular weight is 326 g/mol. The molecule has 24 heavy (non-hydrogen) atoms. The molecule has 0 N–H and O–H groups in total. The van der Waals surface area contributed by atoms with E-state index in [9.17, 15) is 4.79 Å². The first-order chi connectivity index (χ1) is 11.6. The molecule has 0 fully saturated rings. The van der Waals surface area contributed by atoms with Gasteiger partial charge in [0.15, 0.2) is 6.10 Å². The molecule has 0 radical (unpaired) electrons. The predicted molar refractivity (Wildman–Crippen MR) is 93.7 cm³/mol. The molecule has 0 aliphatic carbocycles. The van der Waals surface area contributed by atoms with E-state index >= 15 is 0 Å². The van der Waals surface area contributed by atoms with Crippen LogP contribution in [0.2, 0.25) is 0 Å². The zero-order chi connectivity index (χ0) is 16.9. The molecule has 1 atom stereocenters. The molecule has 0 aromatic heterocycles. The van der Waals surface area contributed by atoms with Gasteiger partial charge >= 0.3 is 0 Å². The summed E-state index contributed by atoms with van der Waals surface area (Å²) >= 11 is 0. The fraction of sp³-hybridized carbons (Fsp3) is 0.316. The number of anilines is 1. The number of fused-ring (bicyclic) bond motifs is 1. The number of rotatable bonds is 5. The highest BCUT2D eigenvalue weighted by Gasteiger charge is 2.31. The number of amides is 1. The lowest BCUT2D eigenvalue weighted by molar-refractivity contribution is -0.136. The molecule has 1 aliphatic heterocycles. The van der Waals surface area contributed by atoms with E-state index in [0.29, 0.717) is 19.7 Å². The zero-order valence-electron chi connectivity index (χ0n) is 14.0. The maximum atomic E-state index is 12.3. The minimum absolute atomic E-state index is 0.0292. The van der Waals surface area contributed by atoms with E-state index in [1.165, 1.54) is 0 Å². The zero-order valence-corrected chi connectivity index (χ0v) is 14.0. The third-order valence-electron chi connectivity index (χ3n) is 3.95. The van der Waals surface area contributed by atoms with Crippen LogP contribution in [0.15, 0.2) is 54.6 Å². The number of carbonyl (C=O) groups is 1. The minimum Gasteiger partial charge on any atom is -0.492 e. The maximum Gasteiger partial charge on any atom is 0.265 e. The topological polar surface area (TPSA) is 42.0 Å². The van der Waals surface area contributed by atoms with Crippen molar-refractivity contribution in [3.8, 4) is 11.5 Å². The minimum atomic E-state index is -0.494. The Morgan fingerprint density at radius 3 is 2.62 bits per heavy atom. The van der Waals surface area contributed by atoms with Gasteiger partial charge in [0.25, 0.3) is 5.91 Å². The normalized spacial score (nSPS) is 16.1. The van der Waals surface area contributed by atoms with Crippen LogP contribution in [0.4, 0.5) is 5.69 Å². The first kappa shape index (κ1) is 16.2. The van der Waals surface area contributed by atoms with Crippen LogP contribution >= 0.6 is 0 Å². The highest BCUT2D eigenvalue weighted by molar-refractivity contribution is 5.83. The third kappa shape index (κ3) is 3.62. The third-order valence-corrected chi connectivity index (χ3v) is 3.95. The van der Waals surface area contributed by atoms with E-state index in [-0.39, 0.29) is 5.91 Å². The van der Waals surface area contributed by atoms with E-state index < -0.39 is 6.10 Å². The van der Waals surface area contributed by atoms with Gasteiger partial charge in [-0.1, -0.05) is 30.3 Å². The van der Waals surface area contributed by atoms with Crippen molar-refractivity contribution in [2.24, 2.45) is 0 Å². The molecule has 0 bridgehead atoms. The molecule has 0 saturated heterocycles. The number of para-hydroxylation sites is 3. The monoisotopic (exact) mass is 326 g/mol. The number of hydrogen-bond acceptors (Lipinski definition) is 4. The summed E-state index contributed by atoms with van der Waals surface area (Å²) in [5, 5.41) is 0. The van der Waals surface area contributed by atoms with Crippen LogP contribution in [0, 0.1) is 0 Å². The van der Waals surface area contributed by atoms with Crippen LogP contribution in [-0.4, -0.2) is 50.7 Å². The lowest BCUT2D eigenvalue weighted by Gasteiger charge is -2.36. The smallest absolute Gasteiger partial charge is 0.265 e. The van der Waals surface area contributed by atoms with Crippen LogP contribution in [0.25, 0.3) is 0 Å². The van der Waals surface area contributed by atoms with E-state index in [1.807, 2.05) is 54.6 Å². The second kappa shape index (κ2) is 7.25. The van der Waals surface area contributed by atoms with Crippen molar-refractivity contribution in [3.63, 3.8) is 0 Å². The summed E-state index contributed by atoms with van der Waals surface area (Å²) in [6, 6.07) is 17.5. The Morgan fingerprint density at radius 2 is 1.88 bits per heavy atom. The van der Waals surface area contributed by atoms with E-state index in [2.05, 4.69) is 4.90 Å². The van der Waals surface area contributed by atoms with Gasteiger partial charge in [-0.3, -0.25) is 4.79 Å². The summed E-state index contributed by atoms with van der Waals surface area (Å²) in [5.41, 5.74) is 0.997. The van der Waals surface area contributed by atoms with Gasteiger partial charge in [0.05, 0.1) is 18.8 Å². The summed E-state index contributed by atoms with van der Waals surface area (Å²) in [4.78, 5) is 16.0. The fourth-order valence-corrected chi connectivity index (χ4v) is 2.73. The molecule has 5 nitrogen and oxygen atoms in total. The number of benzene rings is 2. The molecule has 5 heteroatoms. The Labute approximate surface area is 142 Å². The van der Waals surface area contributed by atoms with Crippen molar-refractivity contribution in [3.05, 3.63) is 54.6 Å². The molecular weight excluding hydrogens is 304 g/mol. The van der Waals surface area contributed by atoms with Gasteiger partial charge in [0.1, 0.15) is 18.1 Å². The predicted octanol–water partition coefficient (Wildman–Crippen LogP) is 2.42. The van der Waals surface area contributed by atoms with Crippen molar-refractivity contribution in [2.75, 3.05) is 38.7 Å². The summed E-state index contributed by atoms with van der Waals surface area (Å²) in [5.74, 6) is 1.56. The van der Waals surface area contributed by atoms with Crippen molar-refractivity contribution in [2.45, 2.75) is 6.10 Å². The Balaban J connectivity index is 1.69. The molecule has 3 rings (SSSR count). The highest BCUT2D eigenvalue weighted by atomic mass is 16.5. The summed E-state index contributed by atoms with van der Waals surface area (Å²) in [7, 11) is 3.49. The molecule has 1 unspecified atom stereocenters. The second-order valence-electron chi connectivity index (χ2n) is 5.91. The Kier molecular flexibility index (Phi) is 4.89. The lowest BCUT2D eigenvalue weighted by atomic mass is 10.1. The molecule has 126 valence electrons. The quantitative estimate of drug-likeness (QED) is 0.846. The highest BCUT2D eigenvalue weighted by Crippen LogP contribution is 2.33. The van der Waals surface area contributed by atoms with Crippen molar-refractivity contribution >= 4 is 11.6 Å². The Bertz CT molecular complexity index is 688. The summed E-state index contributed by atoms with van der Waals surface area (Å²) < 4.78 is 11.7. The SMILES string of the molecule is CN(C)C(=O)C1CN(CCOc2ccccc2)c2ccccc2O1. The van der Waals surface area contributed by atoms with Crippen LogP contribution in [0.3, 0.4) is 0 Å². The van der Waals surface area contributed by atoms with Crippen LogP contribution in [-0.2, 0) is 4.79 Å². The van der Waals surface area contributed by atoms with Gasteiger partial charge in [0.2, 0.25) is 0 Å². The largest absolute Gasteiger partial charge is 0.492 e. The van der Waals surface area contributed by atoms with E-state index in [4.69, 9.17) is 9.47 Å². The number of likely N-dealkylation sites (N-methyl/N-ethyl adjacent to an activating group) is 1. The maximum absolute atomic E-state index is 12.3. The Morgan fingerprint density at radius 1 is 1.17 bits per heavy atom. The molecule has 2 aromatic rings. The summed E-state index contributed by atoms with van der Waals surface area (Å²) in [6.07, 6.45) is -0.494. The van der Waals surface area contributed by atoms with Crippen molar-refractivity contribution in [1.29, 1.82) is 0 Å². The van der Waals surface area contributed by atoms with Gasteiger partial charge in [-0.2, -0.15) is 0 Å². The molecule has 1 amide bonds. The van der Waals surface area contributed by atoms with E-state index in [1.54, 1.807) is 19.0 Å². The first-order valence-electron chi connectivity index (χ1n) is 8.05. The van der Waals surface area contributed by atoms with Crippen molar-refractivity contribution in [1.82, 2.24) is 4.90 Å². The standard InChI is InChI=1S/C19H22N2O3/c1-20(2)19(22)18-14-21(16-10-6-7-11-17(16)24-18)12-13-23-15-8-4-3-5-9-15/h3-11,18H,12-14H2,1-2H3. The second-order valence-corrected chi connectivity index (χ2v) is 5.91. The van der Waals surface area contributed by atoms with E-state index in [0.717, 1.165) is 17.2 Å². The van der Waals surface area contributed by atoms with Crippen LogP contribution < -0.4 is 14.4 Å². The number of carbonyl (C=O) groups excluding carboxylic acids is 1. The van der Waals surface area contributed by atoms with Gasteiger partial charge in [-0.15, -0.1) is 0 Å². The molecule has 0 saturated carbocycles. The molecule has 1 heterocycles. The molecular formula is C19H22N2O3. The Hall–Kier alpha value is -2.69. The number of ether oxygens (including phenoxy) is 2. The lowest BCUT2D eigenvalue weighted by Crippen LogP contribution is -2.49. The molecule has 2 aromatic carbocycles. The number of hydrogen-bond donors (Lipinski definition) is 0. The number of nitrogens with zero attached hydrogens (tertiary/aromatic N) is 2.